The van der Waals surface area contributed by atoms with Crippen LogP contribution in [-0.2, 0) is 6.54 Å². The Morgan fingerprint density at radius 3 is 2.88 bits per heavy atom. The Kier molecular flexibility index (Phi) is 5.58. The number of benzene rings is 1. The normalized spacial score (nSPS) is 16.8. The van der Waals surface area contributed by atoms with Crippen LogP contribution in [0.1, 0.15) is 36.6 Å². The number of likely N-dealkylation sites (tertiary alicyclic amines) is 1. The largest absolute Gasteiger partial charge is 0.299 e. The third-order valence-corrected chi connectivity index (χ3v) is 5.20. The molecule has 2 aromatic rings. The zero-order chi connectivity index (χ0) is 16.9. The Bertz CT molecular complexity index is 705. The second kappa shape index (κ2) is 7.85. The van der Waals surface area contributed by atoms with Gasteiger partial charge in [-0.25, -0.2) is 9.37 Å². The van der Waals surface area contributed by atoms with Crippen LogP contribution in [0.3, 0.4) is 0 Å². The molecular weight excluding hydrogens is 323 g/mol. The quantitative estimate of drug-likeness (QED) is 0.649. The molecule has 0 atom stereocenters. The number of hydrogen-bond donors (Lipinski definition) is 1. The average Bonchev–Trinajstić information content (AvgIpc) is 2.97. The molecule has 4 nitrogen and oxygen atoms in total. The molecule has 0 aliphatic carbocycles. The van der Waals surface area contributed by atoms with Crippen LogP contribution >= 0.6 is 11.3 Å². The molecule has 3 rings (SSSR count). The van der Waals surface area contributed by atoms with Crippen LogP contribution < -0.4 is 5.43 Å². The third-order valence-electron chi connectivity index (χ3n) is 4.34. The first kappa shape index (κ1) is 17.0. The fourth-order valence-electron chi connectivity index (χ4n) is 2.80. The van der Waals surface area contributed by atoms with Gasteiger partial charge >= 0.3 is 0 Å². The van der Waals surface area contributed by atoms with E-state index in [1.54, 1.807) is 12.3 Å². The van der Waals surface area contributed by atoms with Gasteiger partial charge in [0.15, 0.2) is 0 Å². The van der Waals surface area contributed by atoms with E-state index in [2.05, 4.69) is 27.3 Å². The van der Waals surface area contributed by atoms with Crippen molar-refractivity contribution in [2.45, 2.75) is 33.2 Å². The summed E-state index contributed by atoms with van der Waals surface area (Å²) in [6, 6.07) is 5.31. The minimum Gasteiger partial charge on any atom is -0.299 e. The van der Waals surface area contributed by atoms with Crippen molar-refractivity contribution in [2.75, 3.05) is 18.5 Å². The summed E-state index contributed by atoms with van der Waals surface area (Å²) in [6.45, 7) is 7.02. The first-order chi connectivity index (χ1) is 11.6. The highest BCUT2D eigenvalue weighted by atomic mass is 32.1. The number of hydrazone groups is 1. The van der Waals surface area contributed by atoms with Crippen LogP contribution in [0.4, 0.5) is 9.52 Å². The Morgan fingerprint density at radius 1 is 1.42 bits per heavy atom. The van der Waals surface area contributed by atoms with Crippen molar-refractivity contribution in [3.05, 3.63) is 46.2 Å². The molecule has 0 radical (unpaired) electrons. The molecule has 0 unspecified atom stereocenters. The molecule has 24 heavy (non-hydrogen) atoms. The minimum atomic E-state index is -0.164. The highest BCUT2D eigenvalue weighted by Crippen LogP contribution is 2.20. The van der Waals surface area contributed by atoms with Crippen LogP contribution in [0.15, 0.2) is 28.7 Å². The van der Waals surface area contributed by atoms with Crippen LogP contribution in [0.25, 0.3) is 0 Å². The summed E-state index contributed by atoms with van der Waals surface area (Å²) in [7, 11) is 0. The van der Waals surface area contributed by atoms with Gasteiger partial charge in [0.05, 0.1) is 11.9 Å². The predicted molar refractivity (Wildman–Crippen MR) is 98.1 cm³/mol. The maximum Gasteiger partial charge on any atom is 0.203 e. The summed E-state index contributed by atoms with van der Waals surface area (Å²) in [5.41, 5.74) is 5.32. The zero-order valence-electron chi connectivity index (χ0n) is 14.1. The average molecular weight is 346 g/mol. The highest BCUT2D eigenvalue weighted by Gasteiger charge is 2.16. The highest BCUT2D eigenvalue weighted by molar-refractivity contribution is 7.13. The Morgan fingerprint density at radius 2 is 2.21 bits per heavy atom. The summed E-state index contributed by atoms with van der Waals surface area (Å²) in [4.78, 5) is 6.59. The number of halogens is 1. The number of nitrogens with one attached hydrogen (secondary N) is 1. The molecule has 2 heterocycles. The molecule has 1 N–H and O–H groups in total. The fraction of sp³-hybridized carbons (Fsp3) is 0.444. The number of aryl methyl sites for hydroxylation is 1. The van der Waals surface area contributed by atoms with Gasteiger partial charge in [-0.3, -0.25) is 10.3 Å². The maximum absolute atomic E-state index is 14.3. The van der Waals surface area contributed by atoms with Gasteiger partial charge in [0.25, 0.3) is 0 Å². The lowest BCUT2D eigenvalue weighted by Gasteiger charge is -2.30. The molecule has 6 heteroatoms. The molecule has 0 amide bonds. The zero-order valence-corrected chi connectivity index (χ0v) is 14.9. The van der Waals surface area contributed by atoms with Crippen molar-refractivity contribution in [3.8, 4) is 0 Å². The number of aromatic nitrogens is 1. The van der Waals surface area contributed by atoms with Gasteiger partial charge in [-0.2, -0.15) is 5.10 Å². The van der Waals surface area contributed by atoms with E-state index in [0.29, 0.717) is 6.54 Å². The van der Waals surface area contributed by atoms with E-state index in [4.69, 9.17) is 0 Å². The maximum atomic E-state index is 14.3. The molecule has 1 aliphatic heterocycles. The Labute approximate surface area is 146 Å². The van der Waals surface area contributed by atoms with E-state index in [-0.39, 0.29) is 5.82 Å². The number of rotatable bonds is 5. The second-order valence-corrected chi connectivity index (χ2v) is 7.33. The van der Waals surface area contributed by atoms with Crippen LogP contribution in [0, 0.1) is 18.7 Å². The predicted octanol–water partition coefficient (Wildman–Crippen LogP) is 4.27. The number of thiazole rings is 1. The van der Waals surface area contributed by atoms with Crippen molar-refractivity contribution in [1.82, 2.24) is 9.88 Å². The van der Waals surface area contributed by atoms with Crippen molar-refractivity contribution in [1.29, 1.82) is 0 Å². The first-order valence-corrected chi connectivity index (χ1v) is 9.20. The van der Waals surface area contributed by atoms with E-state index in [1.165, 1.54) is 24.2 Å². The van der Waals surface area contributed by atoms with Crippen LogP contribution in [0.5, 0.6) is 0 Å². The molecule has 1 aliphatic rings. The molecule has 0 spiro atoms. The van der Waals surface area contributed by atoms with Crippen molar-refractivity contribution in [3.63, 3.8) is 0 Å². The SMILES string of the molecule is Cc1csc(NN=Cc2ccc(CN3CCC(C)CC3)c(F)c2)n1. The first-order valence-electron chi connectivity index (χ1n) is 8.32. The lowest BCUT2D eigenvalue weighted by Crippen LogP contribution is -2.32. The lowest BCUT2D eigenvalue weighted by atomic mass is 9.98. The van der Waals surface area contributed by atoms with Crippen molar-refractivity contribution >= 4 is 22.7 Å². The van der Waals surface area contributed by atoms with E-state index >= 15 is 0 Å². The van der Waals surface area contributed by atoms with Gasteiger partial charge in [0.2, 0.25) is 5.13 Å². The Balaban J connectivity index is 1.57. The van der Waals surface area contributed by atoms with Gasteiger partial charge in [0, 0.05) is 17.5 Å². The number of nitrogens with zero attached hydrogens (tertiary/aromatic N) is 3. The monoisotopic (exact) mass is 346 g/mol. The second-order valence-electron chi connectivity index (χ2n) is 6.47. The molecule has 1 aromatic carbocycles. The number of piperidine rings is 1. The number of hydrogen-bond acceptors (Lipinski definition) is 5. The summed E-state index contributed by atoms with van der Waals surface area (Å²) in [5.74, 6) is 0.626. The molecular formula is C18H23FN4S. The van der Waals surface area contributed by atoms with E-state index in [0.717, 1.165) is 41.0 Å². The molecule has 0 bridgehead atoms. The van der Waals surface area contributed by atoms with Gasteiger partial charge in [-0.05, 0) is 50.4 Å². The van der Waals surface area contributed by atoms with Crippen LogP contribution in [-0.4, -0.2) is 29.2 Å². The summed E-state index contributed by atoms with van der Waals surface area (Å²) in [6.07, 6.45) is 4.02. The van der Waals surface area contributed by atoms with Gasteiger partial charge in [-0.1, -0.05) is 19.1 Å². The summed E-state index contributed by atoms with van der Waals surface area (Å²) in [5, 5.41) is 6.80. The lowest BCUT2D eigenvalue weighted by molar-refractivity contribution is 0.183. The summed E-state index contributed by atoms with van der Waals surface area (Å²) < 4.78 is 14.3. The van der Waals surface area contributed by atoms with E-state index in [1.807, 2.05) is 24.4 Å². The van der Waals surface area contributed by atoms with E-state index in [9.17, 15) is 4.39 Å². The smallest absolute Gasteiger partial charge is 0.203 e. The molecule has 0 saturated carbocycles. The molecule has 1 saturated heterocycles. The summed E-state index contributed by atoms with van der Waals surface area (Å²) >= 11 is 1.49. The van der Waals surface area contributed by atoms with Gasteiger partial charge < -0.3 is 0 Å². The van der Waals surface area contributed by atoms with E-state index < -0.39 is 0 Å². The van der Waals surface area contributed by atoms with Crippen molar-refractivity contribution < 1.29 is 4.39 Å². The van der Waals surface area contributed by atoms with Gasteiger partial charge in [-0.15, -0.1) is 11.3 Å². The fourth-order valence-corrected chi connectivity index (χ4v) is 3.44. The van der Waals surface area contributed by atoms with Crippen LogP contribution in [0.2, 0.25) is 0 Å². The molecule has 1 fully saturated rings. The Hall–Kier alpha value is -1.79. The topological polar surface area (TPSA) is 40.5 Å². The number of anilines is 1. The van der Waals surface area contributed by atoms with Crippen molar-refractivity contribution in [2.24, 2.45) is 11.0 Å². The molecule has 128 valence electrons. The third kappa shape index (κ3) is 4.61. The minimum absolute atomic E-state index is 0.164. The van der Waals surface area contributed by atoms with Gasteiger partial charge in [0.1, 0.15) is 5.82 Å². The molecule has 1 aromatic heterocycles. The standard InChI is InChI=1S/C18H23FN4S/c1-13-5-7-23(8-6-13)11-16-4-3-15(9-17(16)19)10-20-22-18-21-14(2)12-24-18/h3-4,9-10,12-13H,5-8,11H2,1-2H3,(H,21,22).